The molecule has 2 atom stereocenters. The van der Waals surface area contributed by atoms with Gasteiger partial charge < -0.3 is 9.66 Å². The second-order valence-electron chi connectivity index (χ2n) is 6.42. The number of nitrogens with one attached hydrogen (secondary N) is 1. The van der Waals surface area contributed by atoms with Gasteiger partial charge in [-0.25, -0.2) is 18.0 Å². The van der Waals surface area contributed by atoms with Crippen molar-refractivity contribution < 1.29 is 36.4 Å². The molecule has 10 heteroatoms. The van der Waals surface area contributed by atoms with Gasteiger partial charge in [-0.05, 0) is 32.9 Å². The summed E-state index contributed by atoms with van der Waals surface area (Å²) in [6.07, 6.45) is -0.116. The molecule has 0 fully saturated rings. The van der Waals surface area contributed by atoms with E-state index in [-0.39, 0.29) is 12.2 Å². The molecule has 146 valence electrons. The van der Waals surface area contributed by atoms with Gasteiger partial charge in [0.25, 0.3) is 5.92 Å². The Morgan fingerprint density at radius 3 is 2.35 bits per heavy atom. The van der Waals surface area contributed by atoms with Crippen LogP contribution in [0.5, 0.6) is 0 Å². The molecule has 1 aromatic carbocycles. The lowest BCUT2D eigenvalue weighted by Crippen LogP contribution is -2.61. The fraction of sp³-hybridized carbons (Fsp3) is 0.438. The van der Waals surface area contributed by atoms with E-state index in [4.69, 9.17) is 5.11 Å². The van der Waals surface area contributed by atoms with E-state index in [0.29, 0.717) is 12.1 Å². The van der Waals surface area contributed by atoms with Gasteiger partial charge in [-0.15, -0.1) is 4.72 Å². The third-order valence-corrected chi connectivity index (χ3v) is 5.09. The number of rotatable bonds is 7. The van der Waals surface area contributed by atoms with Crippen LogP contribution in [0.3, 0.4) is 0 Å². The molecule has 0 saturated heterocycles. The first kappa shape index (κ1) is 22.4. The van der Waals surface area contributed by atoms with E-state index in [0.717, 1.165) is 6.07 Å². The van der Waals surface area contributed by atoms with E-state index < -0.39 is 57.4 Å². The highest BCUT2D eigenvalue weighted by molar-refractivity contribution is 7.90. The summed E-state index contributed by atoms with van der Waals surface area (Å²) in [4.78, 5) is 10.6. The zero-order chi connectivity index (χ0) is 20.3. The van der Waals surface area contributed by atoms with Crippen LogP contribution in [-0.4, -0.2) is 33.0 Å². The molecule has 0 aliphatic rings. The minimum atomic E-state index is -4.37. The number of hydrogen-bond donors (Lipinski definition) is 2. The number of aliphatic carboxylic acids is 1. The minimum Gasteiger partial charge on any atom is -0.598 e. The number of carboxylic acid groups (broad SMARTS) is 1. The SMILES string of the molecule is CC(C)(C)[S+]([O-])NC(CF)(c1cccc(F)c1F)C(F)(F)C=CC(=O)O. The Morgan fingerprint density at radius 1 is 1.31 bits per heavy atom. The molecule has 0 radical (unpaired) electrons. The highest BCUT2D eigenvalue weighted by Crippen LogP contribution is 2.42. The lowest BCUT2D eigenvalue weighted by molar-refractivity contribution is -0.131. The van der Waals surface area contributed by atoms with Crippen molar-refractivity contribution in [2.45, 2.75) is 37.0 Å². The maximum atomic E-state index is 14.8. The first-order chi connectivity index (χ1) is 11.8. The van der Waals surface area contributed by atoms with E-state index in [1.165, 1.54) is 20.8 Å². The van der Waals surface area contributed by atoms with Crippen LogP contribution < -0.4 is 4.72 Å². The summed E-state index contributed by atoms with van der Waals surface area (Å²) in [6.45, 7) is 2.19. The minimum absolute atomic E-state index is 0.0449. The Morgan fingerprint density at radius 2 is 1.88 bits per heavy atom. The van der Waals surface area contributed by atoms with Crippen molar-refractivity contribution in [2.24, 2.45) is 0 Å². The molecule has 26 heavy (non-hydrogen) atoms. The van der Waals surface area contributed by atoms with Crippen LogP contribution in [0.2, 0.25) is 0 Å². The Labute approximate surface area is 150 Å². The maximum Gasteiger partial charge on any atom is 0.328 e. The van der Waals surface area contributed by atoms with Crippen molar-refractivity contribution in [3.8, 4) is 0 Å². The Balaban J connectivity index is 3.68. The predicted molar refractivity (Wildman–Crippen MR) is 86.8 cm³/mol. The second kappa shape index (κ2) is 7.93. The fourth-order valence-electron chi connectivity index (χ4n) is 1.95. The molecule has 0 aromatic heterocycles. The van der Waals surface area contributed by atoms with Crippen LogP contribution in [0, 0.1) is 11.6 Å². The monoisotopic (exact) mass is 399 g/mol. The molecule has 2 N–H and O–H groups in total. The standard InChI is InChI=1S/C16H18F5NO3S/c1-14(2,3)26(25)22-15(9-17,16(20,21)8-7-12(23)24)10-5-4-6-11(18)13(10)19/h4-8,22H,9H2,1-3H3,(H,23,24). The molecule has 0 saturated carbocycles. The zero-order valence-electron chi connectivity index (χ0n) is 14.2. The molecule has 2 unspecified atom stereocenters. The molecule has 1 rings (SSSR count). The molecule has 4 nitrogen and oxygen atoms in total. The van der Waals surface area contributed by atoms with Crippen LogP contribution in [0.15, 0.2) is 30.4 Å². The average molecular weight is 399 g/mol. The van der Waals surface area contributed by atoms with Gasteiger partial charge in [-0.2, -0.15) is 8.78 Å². The van der Waals surface area contributed by atoms with Crippen molar-refractivity contribution in [2.75, 3.05) is 6.67 Å². The van der Waals surface area contributed by atoms with E-state index in [1.807, 2.05) is 4.72 Å². The van der Waals surface area contributed by atoms with Crippen LogP contribution >= 0.6 is 0 Å². The van der Waals surface area contributed by atoms with Crippen LogP contribution in [0.1, 0.15) is 26.3 Å². The number of carboxylic acids is 1. The van der Waals surface area contributed by atoms with Crippen LogP contribution in [0.25, 0.3) is 0 Å². The summed E-state index contributed by atoms with van der Waals surface area (Å²) in [6, 6.07) is 2.25. The Kier molecular flexibility index (Phi) is 6.83. The lowest BCUT2D eigenvalue weighted by Gasteiger charge is -2.39. The van der Waals surface area contributed by atoms with Crippen molar-refractivity contribution in [3.05, 3.63) is 47.5 Å². The molecule has 0 heterocycles. The molecule has 0 spiro atoms. The van der Waals surface area contributed by atoms with E-state index >= 15 is 0 Å². The first-order valence-corrected chi connectivity index (χ1v) is 8.43. The molecule has 0 amide bonds. The number of hydrogen-bond acceptors (Lipinski definition) is 3. The fourth-order valence-corrected chi connectivity index (χ4v) is 2.88. The van der Waals surface area contributed by atoms with Crippen molar-refractivity contribution in [1.29, 1.82) is 0 Å². The lowest BCUT2D eigenvalue weighted by atomic mass is 9.84. The summed E-state index contributed by atoms with van der Waals surface area (Å²) in [5, 5.41) is 8.57. The molecular formula is C16H18F5NO3S. The molecule has 0 aliphatic heterocycles. The molecule has 1 aromatic rings. The normalized spacial score (nSPS) is 16.5. The summed E-state index contributed by atoms with van der Waals surface area (Å²) in [5.41, 5.74) is -4.40. The van der Waals surface area contributed by atoms with Gasteiger partial charge in [0, 0.05) is 23.0 Å². The van der Waals surface area contributed by atoms with Gasteiger partial charge in [-0.1, -0.05) is 12.1 Å². The van der Waals surface area contributed by atoms with E-state index in [2.05, 4.69) is 0 Å². The Hall–Kier alpha value is -1.65. The van der Waals surface area contributed by atoms with Crippen molar-refractivity contribution in [1.82, 2.24) is 4.72 Å². The van der Waals surface area contributed by atoms with Crippen molar-refractivity contribution in [3.63, 3.8) is 0 Å². The molecular weight excluding hydrogens is 381 g/mol. The molecule has 0 aliphatic carbocycles. The predicted octanol–water partition coefficient (Wildman–Crippen LogP) is 3.46. The number of benzene rings is 1. The van der Waals surface area contributed by atoms with Crippen LogP contribution in [-0.2, 0) is 21.7 Å². The first-order valence-electron chi connectivity index (χ1n) is 7.28. The summed E-state index contributed by atoms with van der Waals surface area (Å²) in [7, 11) is 0. The third-order valence-electron chi connectivity index (χ3n) is 3.44. The smallest absolute Gasteiger partial charge is 0.328 e. The quantitative estimate of drug-likeness (QED) is 0.419. The van der Waals surface area contributed by atoms with Gasteiger partial charge in [0.05, 0.1) is 0 Å². The maximum absolute atomic E-state index is 14.8. The van der Waals surface area contributed by atoms with Gasteiger partial charge in [0.2, 0.25) is 0 Å². The van der Waals surface area contributed by atoms with Gasteiger partial charge in [-0.3, -0.25) is 0 Å². The topological polar surface area (TPSA) is 72.4 Å². The van der Waals surface area contributed by atoms with Crippen LogP contribution in [0.4, 0.5) is 22.0 Å². The van der Waals surface area contributed by atoms with E-state index in [9.17, 15) is 31.3 Å². The molecule has 0 bridgehead atoms. The number of carbonyl (C=O) groups is 1. The van der Waals surface area contributed by atoms with E-state index in [1.54, 1.807) is 0 Å². The van der Waals surface area contributed by atoms with Crippen molar-refractivity contribution >= 4 is 17.3 Å². The average Bonchev–Trinajstić information content (AvgIpc) is 2.52. The summed E-state index contributed by atoms with van der Waals surface area (Å²) < 4.78 is 84.3. The summed E-state index contributed by atoms with van der Waals surface area (Å²) >= 11 is -2.32. The zero-order valence-corrected chi connectivity index (χ0v) is 15.0. The highest BCUT2D eigenvalue weighted by Gasteiger charge is 2.59. The van der Waals surface area contributed by atoms with Gasteiger partial charge in [0.1, 0.15) is 11.4 Å². The third kappa shape index (κ3) is 4.54. The Bertz CT molecular complexity index is 693. The second-order valence-corrected chi connectivity index (χ2v) is 8.38. The van der Waals surface area contributed by atoms with Gasteiger partial charge >= 0.3 is 5.97 Å². The highest BCUT2D eigenvalue weighted by atomic mass is 32.2. The number of halogens is 5. The largest absolute Gasteiger partial charge is 0.598 e. The summed E-state index contributed by atoms with van der Waals surface area (Å²) in [5.74, 6) is -9.39. The number of alkyl halides is 3. The van der Waals surface area contributed by atoms with Gasteiger partial charge in [0.15, 0.2) is 17.2 Å².